The van der Waals surface area contributed by atoms with Crippen LogP contribution in [0.1, 0.15) is 36.3 Å². The minimum absolute atomic E-state index is 0.377. The van der Waals surface area contributed by atoms with Gasteiger partial charge in [-0.25, -0.2) is 0 Å². The number of hydrogen-bond donors (Lipinski definition) is 3. The third kappa shape index (κ3) is 6.07. The lowest BCUT2D eigenvalue weighted by atomic mass is 10.1. The molecule has 1 heterocycles. The smallest absolute Gasteiger partial charge is 0.191 e. The molecule has 0 spiro atoms. The molecule has 136 valence electrons. The molecule has 25 heavy (non-hydrogen) atoms. The van der Waals surface area contributed by atoms with Gasteiger partial charge in [-0.3, -0.25) is 4.99 Å². The molecule has 3 N–H and O–H groups in total. The van der Waals surface area contributed by atoms with Gasteiger partial charge in [0.2, 0.25) is 0 Å². The number of aliphatic hydroxyl groups is 1. The van der Waals surface area contributed by atoms with E-state index in [1.165, 1.54) is 4.88 Å². The van der Waals surface area contributed by atoms with Crippen molar-refractivity contribution >= 4 is 17.3 Å². The van der Waals surface area contributed by atoms with Gasteiger partial charge in [-0.1, -0.05) is 25.1 Å². The van der Waals surface area contributed by atoms with E-state index >= 15 is 0 Å². The molecule has 5 nitrogen and oxygen atoms in total. The fourth-order valence-electron chi connectivity index (χ4n) is 2.37. The molecule has 1 aromatic carbocycles. The number of methoxy groups -OCH3 is 1. The Labute approximate surface area is 153 Å². The van der Waals surface area contributed by atoms with Crippen LogP contribution in [-0.4, -0.2) is 37.8 Å². The Bertz CT molecular complexity index is 641. The Hall–Kier alpha value is -2.05. The van der Waals surface area contributed by atoms with Gasteiger partial charge in [0, 0.05) is 23.9 Å². The summed E-state index contributed by atoms with van der Waals surface area (Å²) in [5, 5.41) is 18.9. The van der Waals surface area contributed by atoms with E-state index in [2.05, 4.69) is 40.1 Å². The largest absolute Gasteiger partial charge is 0.497 e. The monoisotopic (exact) mass is 361 g/mol. The summed E-state index contributed by atoms with van der Waals surface area (Å²) in [4.78, 5) is 5.96. The van der Waals surface area contributed by atoms with Crippen molar-refractivity contribution in [3.63, 3.8) is 0 Å². The average molecular weight is 362 g/mol. The lowest BCUT2D eigenvalue weighted by Gasteiger charge is -2.16. The van der Waals surface area contributed by atoms with Crippen molar-refractivity contribution in [1.82, 2.24) is 10.6 Å². The van der Waals surface area contributed by atoms with Crippen LogP contribution in [0.3, 0.4) is 0 Å². The zero-order valence-electron chi connectivity index (χ0n) is 15.0. The summed E-state index contributed by atoms with van der Waals surface area (Å²) in [7, 11) is 1.63. The van der Waals surface area contributed by atoms with Crippen molar-refractivity contribution in [2.24, 2.45) is 4.99 Å². The van der Waals surface area contributed by atoms with Crippen LogP contribution < -0.4 is 15.4 Å². The second-order valence-corrected chi connectivity index (χ2v) is 6.79. The van der Waals surface area contributed by atoms with Crippen molar-refractivity contribution < 1.29 is 9.84 Å². The second-order valence-electron chi connectivity index (χ2n) is 5.81. The van der Waals surface area contributed by atoms with Crippen molar-refractivity contribution in [3.8, 4) is 5.75 Å². The maximum Gasteiger partial charge on any atom is 0.191 e. The Morgan fingerprint density at radius 3 is 2.60 bits per heavy atom. The second kappa shape index (κ2) is 10.1. The van der Waals surface area contributed by atoms with Gasteiger partial charge in [0.05, 0.1) is 19.8 Å². The Morgan fingerprint density at radius 2 is 2.00 bits per heavy atom. The Balaban J connectivity index is 1.90. The summed E-state index contributed by atoms with van der Waals surface area (Å²) in [5.74, 6) is 1.88. The topological polar surface area (TPSA) is 65.9 Å². The fourth-order valence-corrected chi connectivity index (χ4v) is 3.15. The zero-order chi connectivity index (χ0) is 18.1. The number of ether oxygens (including phenoxy) is 1. The number of rotatable bonds is 8. The number of thiophene rings is 1. The third-order valence-electron chi connectivity index (χ3n) is 3.86. The first-order valence-electron chi connectivity index (χ1n) is 8.51. The van der Waals surface area contributed by atoms with Crippen molar-refractivity contribution in [2.75, 3.05) is 26.7 Å². The molecule has 0 fully saturated rings. The van der Waals surface area contributed by atoms with E-state index in [-0.39, 0.29) is 0 Å². The maximum atomic E-state index is 10.3. The number of hydrogen-bond acceptors (Lipinski definition) is 4. The summed E-state index contributed by atoms with van der Waals surface area (Å²) < 4.78 is 5.14. The molecule has 0 bridgehead atoms. The average Bonchev–Trinajstić information content (AvgIpc) is 3.18. The molecule has 0 saturated heterocycles. The van der Waals surface area contributed by atoms with E-state index in [1.807, 2.05) is 31.2 Å². The van der Waals surface area contributed by atoms with Crippen LogP contribution in [0.4, 0.5) is 0 Å². The van der Waals surface area contributed by atoms with Crippen LogP contribution in [0.15, 0.2) is 46.8 Å². The highest BCUT2D eigenvalue weighted by molar-refractivity contribution is 7.10. The van der Waals surface area contributed by atoms with Gasteiger partial charge < -0.3 is 20.5 Å². The summed E-state index contributed by atoms with van der Waals surface area (Å²) in [6.45, 7) is 6.07. The lowest BCUT2D eigenvalue weighted by Crippen LogP contribution is -2.39. The third-order valence-corrected chi connectivity index (χ3v) is 4.96. The molecule has 2 unspecified atom stereocenters. The molecule has 0 aliphatic rings. The summed E-state index contributed by atoms with van der Waals surface area (Å²) in [5.41, 5.74) is 0.844. The molecular formula is C19H27N3O2S. The number of aliphatic hydroxyl groups excluding tert-OH is 1. The SMILES string of the molecule is CCNC(=NCC(C)c1cccs1)NCC(O)c1ccc(OC)cc1. The van der Waals surface area contributed by atoms with E-state index < -0.39 is 6.10 Å². The Morgan fingerprint density at radius 1 is 1.24 bits per heavy atom. The Kier molecular flexibility index (Phi) is 7.76. The van der Waals surface area contributed by atoms with E-state index in [9.17, 15) is 5.11 Å². The fraction of sp³-hybridized carbons (Fsp3) is 0.421. The van der Waals surface area contributed by atoms with Crippen LogP contribution in [0, 0.1) is 0 Å². The molecule has 2 aromatic rings. The summed E-state index contributed by atoms with van der Waals surface area (Å²) in [6, 6.07) is 11.6. The number of nitrogens with zero attached hydrogens (tertiary/aromatic N) is 1. The van der Waals surface area contributed by atoms with Crippen molar-refractivity contribution in [3.05, 3.63) is 52.2 Å². The summed E-state index contributed by atoms with van der Waals surface area (Å²) >= 11 is 1.75. The van der Waals surface area contributed by atoms with Gasteiger partial charge in [0.25, 0.3) is 0 Å². The first kappa shape index (κ1) is 19.3. The number of aliphatic imine (C=N–C) groups is 1. The predicted octanol–water partition coefficient (Wildman–Crippen LogP) is 3.15. The molecule has 0 aliphatic heterocycles. The van der Waals surface area contributed by atoms with Gasteiger partial charge in [0.15, 0.2) is 5.96 Å². The standard InChI is InChI=1S/C19H27N3O2S/c1-4-20-19(21-12-14(2)18-6-5-11-25-18)22-13-17(23)15-7-9-16(24-3)10-8-15/h5-11,14,17,23H,4,12-13H2,1-3H3,(H2,20,21,22). The minimum Gasteiger partial charge on any atom is -0.497 e. The molecular weight excluding hydrogens is 334 g/mol. The van der Waals surface area contributed by atoms with Gasteiger partial charge in [-0.05, 0) is 36.1 Å². The summed E-state index contributed by atoms with van der Waals surface area (Å²) in [6.07, 6.45) is -0.607. The van der Waals surface area contributed by atoms with Crippen LogP contribution in [-0.2, 0) is 0 Å². The van der Waals surface area contributed by atoms with Crippen molar-refractivity contribution in [1.29, 1.82) is 0 Å². The number of benzene rings is 1. The highest BCUT2D eigenvalue weighted by Gasteiger charge is 2.10. The quantitative estimate of drug-likeness (QED) is 0.499. The molecule has 0 saturated carbocycles. The van der Waals surface area contributed by atoms with Gasteiger partial charge >= 0.3 is 0 Å². The minimum atomic E-state index is -0.607. The maximum absolute atomic E-state index is 10.3. The van der Waals surface area contributed by atoms with Crippen LogP contribution >= 0.6 is 11.3 Å². The predicted molar refractivity (Wildman–Crippen MR) is 105 cm³/mol. The molecule has 1 aromatic heterocycles. The first-order chi connectivity index (χ1) is 12.1. The molecule has 0 radical (unpaired) electrons. The molecule has 2 rings (SSSR count). The van der Waals surface area contributed by atoms with Crippen LogP contribution in [0.25, 0.3) is 0 Å². The first-order valence-corrected chi connectivity index (χ1v) is 9.39. The van der Waals surface area contributed by atoms with Gasteiger partial charge in [-0.2, -0.15) is 0 Å². The van der Waals surface area contributed by atoms with Gasteiger partial charge in [0.1, 0.15) is 5.75 Å². The molecule has 2 atom stereocenters. The van der Waals surface area contributed by atoms with Gasteiger partial charge in [-0.15, -0.1) is 11.3 Å². The number of guanidine groups is 1. The van der Waals surface area contributed by atoms with Crippen LogP contribution in [0.5, 0.6) is 5.75 Å². The normalized spacial score (nSPS) is 14.0. The zero-order valence-corrected chi connectivity index (χ0v) is 15.8. The highest BCUT2D eigenvalue weighted by atomic mass is 32.1. The number of nitrogens with one attached hydrogen (secondary N) is 2. The lowest BCUT2D eigenvalue weighted by molar-refractivity contribution is 0.180. The van der Waals surface area contributed by atoms with E-state index in [0.717, 1.165) is 23.8 Å². The van der Waals surface area contributed by atoms with E-state index in [1.54, 1.807) is 18.4 Å². The molecule has 6 heteroatoms. The van der Waals surface area contributed by atoms with Crippen molar-refractivity contribution in [2.45, 2.75) is 25.9 Å². The molecule has 0 aliphatic carbocycles. The van der Waals surface area contributed by atoms with E-state index in [0.29, 0.717) is 19.0 Å². The van der Waals surface area contributed by atoms with Crippen LogP contribution in [0.2, 0.25) is 0 Å². The molecule has 0 amide bonds. The highest BCUT2D eigenvalue weighted by Crippen LogP contribution is 2.20. The van der Waals surface area contributed by atoms with E-state index in [4.69, 9.17) is 4.74 Å².